The van der Waals surface area contributed by atoms with Gasteiger partial charge in [0, 0.05) is 12.5 Å². The van der Waals surface area contributed by atoms with Crippen LogP contribution in [-0.2, 0) is 14.6 Å². The molecular formula is C16H19NO3S2. The molecule has 2 rings (SSSR count). The molecule has 0 spiro atoms. The molecule has 0 unspecified atom stereocenters. The molecule has 6 heteroatoms. The second kappa shape index (κ2) is 7.07. The minimum absolute atomic E-state index is 0.0707. The van der Waals surface area contributed by atoms with Crippen LogP contribution in [0.25, 0.3) is 0 Å². The van der Waals surface area contributed by atoms with Crippen molar-refractivity contribution >= 4 is 27.1 Å². The molecule has 1 aromatic carbocycles. The maximum Gasteiger partial charge on any atom is 0.222 e. The van der Waals surface area contributed by atoms with E-state index < -0.39 is 15.1 Å². The Balaban J connectivity index is 2.32. The van der Waals surface area contributed by atoms with E-state index in [1.165, 1.54) is 11.3 Å². The number of carbonyl (C=O) groups is 1. The molecule has 1 aromatic heterocycles. The fourth-order valence-corrected chi connectivity index (χ4v) is 4.90. The molecule has 0 bridgehead atoms. The van der Waals surface area contributed by atoms with Gasteiger partial charge in [0.25, 0.3) is 0 Å². The molecule has 1 amide bonds. The van der Waals surface area contributed by atoms with E-state index >= 15 is 0 Å². The lowest BCUT2D eigenvalue weighted by Crippen LogP contribution is -2.34. The molecule has 0 aliphatic heterocycles. The molecule has 0 saturated carbocycles. The second-order valence-electron chi connectivity index (χ2n) is 5.28. The van der Waals surface area contributed by atoms with E-state index in [4.69, 9.17) is 0 Å². The summed E-state index contributed by atoms with van der Waals surface area (Å²) in [5.41, 5.74) is 0.681. The third-order valence-electron chi connectivity index (χ3n) is 3.31. The topological polar surface area (TPSA) is 63.2 Å². The first-order valence-electron chi connectivity index (χ1n) is 7.03. The van der Waals surface area contributed by atoms with Crippen molar-refractivity contribution < 1.29 is 13.2 Å². The highest BCUT2D eigenvalue weighted by molar-refractivity contribution is 7.93. The normalized spacial score (nSPS) is 13.0. The maximum absolute atomic E-state index is 12.8. The Morgan fingerprint density at radius 1 is 1.14 bits per heavy atom. The first kappa shape index (κ1) is 16.7. The number of carbonyl (C=O) groups excluding carboxylic acids is 1. The molecule has 118 valence electrons. The smallest absolute Gasteiger partial charge is 0.222 e. The number of benzene rings is 1. The lowest BCUT2D eigenvalue weighted by Gasteiger charge is -2.18. The predicted molar refractivity (Wildman–Crippen MR) is 88.5 cm³/mol. The van der Waals surface area contributed by atoms with Crippen LogP contribution in [0.5, 0.6) is 0 Å². The Bertz CT molecular complexity index is 707. The van der Waals surface area contributed by atoms with Crippen LogP contribution in [0.2, 0.25) is 0 Å². The van der Waals surface area contributed by atoms with Crippen LogP contribution in [0, 0.1) is 5.92 Å². The predicted octanol–water partition coefficient (Wildman–Crippen LogP) is 3.04. The molecular weight excluding hydrogens is 318 g/mol. The summed E-state index contributed by atoms with van der Waals surface area (Å²) in [6, 6.07) is 12.3. The number of sulfone groups is 1. The van der Waals surface area contributed by atoms with Gasteiger partial charge in [-0.2, -0.15) is 0 Å². The summed E-state index contributed by atoms with van der Waals surface area (Å²) in [6.45, 7) is 3.63. The van der Waals surface area contributed by atoms with Crippen molar-refractivity contribution in [3.05, 3.63) is 53.4 Å². The molecule has 1 N–H and O–H groups in total. The molecule has 0 aliphatic carbocycles. The van der Waals surface area contributed by atoms with Crippen molar-refractivity contribution in [3.8, 4) is 0 Å². The molecule has 0 aliphatic rings. The zero-order chi connectivity index (χ0) is 16.2. The summed E-state index contributed by atoms with van der Waals surface area (Å²) >= 11 is 1.19. The second-order valence-corrected chi connectivity index (χ2v) is 8.58. The summed E-state index contributed by atoms with van der Waals surface area (Å²) in [5, 5.41) is 3.69. The average molecular weight is 337 g/mol. The average Bonchev–Trinajstić information content (AvgIpc) is 3.03. The standard InChI is InChI=1S/C16H19NO3S2/c1-12(2)16(18)17-11-14(13-7-4-3-5-8-13)22(19,20)15-9-6-10-21-15/h3-10,12,14H,11H2,1-2H3,(H,17,18)/t14-/m0/s1. The Morgan fingerprint density at radius 3 is 2.36 bits per heavy atom. The van der Waals surface area contributed by atoms with Crippen molar-refractivity contribution in [2.75, 3.05) is 6.54 Å². The van der Waals surface area contributed by atoms with Gasteiger partial charge in [0.1, 0.15) is 9.46 Å². The summed E-state index contributed by atoms with van der Waals surface area (Å²) in [6.07, 6.45) is 0. The quantitative estimate of drug-likeness (QED) is 0.881. The van der Waals surface area contributed by atoms with Crippen LogP contribution in [0.15, 0.2) is 52.1 Å². The van der Waals surface area contributed by atoms with Crippen molar-refractivity contribution in [1.29, 1.82) is 0 Å². The molecule has 0 saturated heterocycles. The maximum atomic E-state index is 12.8. The SMILES string of the molecule is CC(C)C(=O)NC[C@@H](c1ccccc1)S(=O)(=O)c1cccs1. The fourth-order valence-electron chi connectivity index (χ4n) is 2.04. The van der Waals surface area contributed by atoms with E-state index in [1.807, 2.05) is 6.07 Å². The zero-order valence-electron chi connectivity index (χ0n) is 12.5. The van der Waals surface area contributed by atoms with E-state index in [1.54, 1.807) is 55.6 Å². The number of rotatable bonds is 6. The molecule has 0 fully saturated rings. The van der Waals surface area contributed by atoms with Crippen molar-refractivity contribution in [2.24, 2.45) is 5.92 Å². The van der Waals surface area contributed by atoms with Gasteiger partial charge in [0.2, 0.25) is 5.91 Å². The van der Waals surface area contributed by atoms with Gasteiger partial charge in [-0.3, -0.25) is 4.79 Å². The Hall–Kier alpha value is -1.66. The van der Waals surface area contributed by atoms with E-state index in [-0.39, 0.29) is 18.4 Å². The highest BCUT2D eigenvalue weighted by Gasteiger charge is 2.30. The Kier molecular flexibility index (Phi) is 5.37. The number of hydrogen-bond donors (Lipinski definition) is 1. The third-order valence-corrected chi connectivity index (χ3v) is 6.84. The van der Waals surface area contributed by atoms with Crippen LogP contribution in [0.1, 0.15) is 24.7 Å². The fraction of sp³-hybridized carbons (Fsp3) is 0.312. The van der Waals surface area contributed by atoms with Crippen molar-refractivity contribution in [3.63, 3.8) is 0 Å². The van der Waals surface area contributed by atoms with Gasteiger partial charge in [0.05, 0.1) is 0 Å². The largest absolute Gasteiger partial charge is 0.354 e. The van der Waals surface area contributed by atoms with E-state index in [2.05, 4.69) is 5.32 Å². The van der Waals surface area contributed by atoms with Gasteiger partial charge >= 0.3 is 0 Å². The minimum Gasteiger partial charge on any atom is -0.354 e. The van der Waals surface area contributed by atoms with Crippen molar-refractivity contribution in [2.45, 2.75) is 23.3 Å². The summed E-state index contributed by atoms with van der Waals surface area (Å²) in [5.74, 6) is -0.330. The number of nitrogens with one attached hydrogen (secondary N) is 1. The van der Waals surface area contributed by atoms with Gasteiger partial charge in [0.15, 0.2) is 9.84 Å². The molecule has 1 heterocycles. The van der Waals surface area contributed by atoms with Gasteiger partial charge in [-0.05, 0) is 17.0 Å². The highest BCUT2D eigenvalue weighted by Crippen LogP contribution is 2.31. The van der Waals surface area contributed by atoms with Crippen LogP contribution in [0.4, 0.5) is 0 Å². The molecule has 1 atom stereocenters. The Labute approximate surface area is 135 Å². The summed E-state index contributed by atoms with van der Waals surface area (Å²) in [7, 11) is -3.53. The zero-order valence-corrected chi connectivity index (χ0v) is 14.2. The lowest BCUT2D eigenvalue weighted by atomic mass is 10.1. The highest BCUT2D eigenvalue weighted by atomic mass is 32.2. The van der Waals surface area contributed by atoms with Gasteiger partial charge in [-0.1, -0.05) is 50.2 Å². The third kappa shape index (κ3) is 3.75. The minimum atomic E-state index is -3.53. The molecule has 22 heavy (non-hydrogen) atoms. The number of amides is 1. The van der Waals surface area contributed by atoms with Crippen LogP contribution < -0.4 is 5.32 Å². The number of thiophene rings is 1. The first-order chi connectivity index (χ1) is 10.4. The van der Waals surface area contributed by atoms with Gasteiger partial charge < -0.3 is 5.32 Å². The summed E-state index contributed by atoms with van der Waals surface area (Å²) in [4.78, 5) is 11.8. The summed E-state index contributed by atoms with van der Waals surface area (Å²) < 4.78 is 26.0. The van der Waals surface area contributed by atoms with Gasteiger partial charge in [-0.25, -0.2) is 8.42 Å². The van der Waals surface area contributed by atoms with Crippen LogP contribution >= 0.6 is 11.3 Å². The van der Waals surface area contributed by atoms with Gasteiger partial charge in [-0.15, -0.1) is 11.3 Å². The van der Waals surface area contributed by atoms with Crippen LogP contribution in [0.3, 0.4) is 0 Å². The van der Waals surface area contributed by atoms with Crippen LogP contribution in [-0.4, -0.2) is 20.9 Å². The molecule has 4 nitrogen and oxygen atoms in total. The first-order valence-corrected chi connectivity index (χ1v) is 9.45. The van der Waals surface area contributed by atoms with E-state index in [0.29, 0.717) is 9.77 Å². The van der Waals surface area contributed by atoms with Crippen molar-refractivity contribution in [1.82, 2.24) is 5.32 Å². The van der Waals surface area contributed by atoms with E-state index in [9.17, 15) is 13.2 Å². The molecule has 0 radical (unpaired) electrons. The lowest BCUT2D eigenvalue weighted by molar-refractivity contribution is -0.123. The Morgan fingerprint density at radius 2 is 1.82 bits per heavy atom. The molecule has 2 aromatic rings. The van der Waals surface area contributed by atoms with E-state index in [0.717, 1.165) is 0 Å². The number of hydrogen-bond acceptors (Lipinski definition) is 4. The monoisotopic (exact) mass is 337 g/mol.